The van der Waals surface area contributed by atoms with Crippen molar-refractivity contribution >= 4 is 37.0 Å². The highest BCUT2D eigenvalue weighted by molar-refractivity contribution is 7.59. The first-order valence-electron chi connectivity index (χ1n) is 14.8. The number of nitrogens with two attached hydrogens (primary N) is 1. The van der Waals surface area contributed by atoms with E-state index < -0.39 is 5.97 Å². The number of para-hydroxylation sites is 1. The lowest BCUT2D eigenvalue weighted by molar-refractivity contribution is -0.143. The molecule has 42 heavy (non-hydrogen) atoms. The van der Waals surface area contributed by atoms with E-state index in [1.807, 2.05) is 54.4 Å². The van der Waals surface area contributed by atoms with Crippen LogP contribution in [0.2, 0.25) is 0 Å². The zero-order valence-electron chi connectivity index (χ0n) is 24.0. The largest absolute Gasteiger partial charge is 0.481 e. The van der Waals surface area contributed by atoms with Crippen LogP contribution in [0.3, 0.4) is 0 Å². The first-order chi connectivity index (χ1) is 19.4. The van der Waals surface area contributed by atoms with E-state index in [0.717, 1.165) is 54.9 Å². The molecule has 2 aliphatic carbocycles. The van der Waals surface area contributed by atoms with Gasteiger partial charge in [-0.3, -0.25) is 9.59 Å². The molecule has 1 aliphatic heterocycles. The van der Waals surface area contributed by atoms with Gasteiger partial charge in [-0.2, -0.15) is 13.5 Å². The summed E-state index contributed by atoms with van der Waals surface area (Å²) in [6.45, 7) is 0.640. The Morgan fingerprint density at radius 2 is 1.71 bits per heavy atom. The van der Waals surface area contributed by atoms with Crippen LogP contribution >= 0.6 is 13.5 Å². The third-order valence-electron chi connectivity index (χ3n) is 9.14. The number of carbonyl (C=O) groups excluding carboxylic acids is 1. The summed E-state index contributed by atoms with van der Waals surface area (Å²) >= 11 is 0. The lowest BCUT2D eigenvalue weighted by atomic mass is 9.81. The second-order valence-corrected chi connectivity index (χ2v) is 11.7. The van der Waals surface area contributed by atoms with E-state index in [-0.39, 0.29) is 44.8 Å². The standard InChI is InChI=1S/C32H42N4O4.CH4.H2S/c1-35(25-14-12-23(13-15-25)31(38)39)30(37)19-18-29(22-8-4-2-5-9-22)36-21-24-20-27(16-17-28(24)34-32(36)33)40-26-10-6-3-7-11-26;;/h3,6-7,10-11,16-17,20,22-23,25,29H,2,4-5,8-9,12-15,18-19,21H2,1H3,(H2,33,34)(H,38,39);1H4;1H2/t23?,25?,29-;;/m0../s1. The number of carboxylic acid groups (broad SMARTS) is 1. The molecule has 0 bridgehead atoms. The average Bonchev–Trinajstić information content (AvgIpc) is 2.98. The predicted molar refractivity (Wildman–Crippen MR) is 173 cm³/mol. The van der Waals surface area contributed by atoms with E-state index in [9.17, 15) is 14.7 Å². The number of hydrogen-bond acceptors (Lipinski definition) is 6. The van der Waals surface area contributed by atoms with Gasteiger partial charge in [0.2, 0.25) is 5.91 Å². The van der Waals surface area contributed by atoms with Gasteiger partial charge in [-0.25, -0.2) is 4.99 Å². The molecule has 2 saturated carbocycles. The Bertz CT molecular complexity index is 1210. The fraction of sp³-hybridized carbons (Fsp3) is 0.545. The molecule has 0 saturated heterocycles. The molecular weight excluding hydrogens is 548 g/mol. The molecule has 230 valence electrons. The summed E-state index contributed by atoms with van der Waals surface area (Å²) in [7, 11) is 1.88. The van der Waals surface area contributed by atoms with Crippen LogP contribution in [0.15, 0.2) is 53.5 Å². The van der Waals surface area contributed by atoms with Gasteiger partial charge in [0.25, 0.3) is 0 Å². The fourth-order valence-corrected chi connectivity index (χ4v) is 6.75. The number of nitrogens with zero attached hydrogens (tertiary/aromatic N) is 3. The SMILES string of the molecule is C.CN(C(=O)CC[C@@H](C1CCCCC1)N1Cc2cc(Oc3ccccc3)ccc2N=C1N)C1CCC(C(=O)O)CC1.S. The van der Waals surface area contributed by atoms with E-state index >= 15 is 0 Å². The molecule has 9 heteroatoms. The van der Waals surface area contributed by atoms with Gasteiger partial charge in [-0.1, -0.05) is 44.9 Å². The van der Waals surface area contributed by atoms with E-state index in [4.69, 9.17) is 15.5 Å². The van der Waals surface area contributed by atoms with Crippen LogP contribution < -0.4 is 10.5 Å². The minimum atomic E-state index is -0.719. The van der Waals surface area contributed by atoms with Gasteiger partial charge in [0.15, 0.2) is 5.96 Å². The second kappa shape index (κ2) is 15.3. The lowest BCUT2D eigenvalue weighted by Gasteiger charge is -2.41. The summed E-state index contributed by atoms with van der Waals surface area (Å²) in [5.74, 6) is 1.68. The van der Waals surface area contributed by atoms with Crippen molar-refractivity contribution in [3.63, 3.8) is 0 Å². The van der Waals surface area contributed by atoms with Gasteiger partial charge in [0.05, 0.1) is 11.6 Å². The molecule has 1 atom stereocenters. The Morgan fingerprint density at radius 1 is 1.02 bits per heavy atom. The van der Waals surface area contributed by atoms with Crippen LogP contribution in [-0.4, -0.2) is 51.9 Å². The highest BCUT2D eigenvalue weighted by Gasteiger charge is 2.34. The Labute approximate surface area is 257 Å². The van der Waals surface area contributed by atoms with E-state index in [1.54, 1.807) is 0 Å². The van der Waals surface area contributed by atoms with E-state index in [0.29, 0.717) is 37.7 Å². The molecule has 3 aliphatic rings. The van der Waals surface area contributed by atoms with Gasteiger partial charge in [-0.05, 0) is 81.2 Å². The summed E-state index contributed by atoms with van der Waals surface area (Å²) in [4.78, 5) is 33.5. The summed E-state index contributed by atoms with van der Waals surface area (Å²) in [6.07, 6.45) is 9.91. The van der Waals surface area contributed by atoms with Crippen molar-refractivity contribution in [1.29, 1.82) is 0 Å². The van der Waals surface area contributed by atoms with Crippen LogP contribution in [0.4, 0.5) is 5.69 Å². The van der Waals surface area contributed by atoms with Gasteiger partial charge in [0.1, 0.15) is 11.5 Å². The average molecular weight is 597 g/mol. The Balaban J connectivity index is 0.00000242. The highest BCUT2D eigenvalue weighted by atomic mass is 32.1. The Morgan fingerprint density at radius 3 is 2.38 bits per heavy atom. The molecule has 2 fully saturated rings. The predicted octanol–water partition coefficient (Wildman–Crippen LogP) is 6.82. The smallest absolute Gasteiger partial charge is 0.306 e. The zero-order chi connectivity index (χ0) is 28.1. The lowest BCUT2D eigenvalue weighted by Crippen LogP contribution is -2.49. The minimum absolute atomic E-state index is 0. The number of rotatable bonds is 9. The molecule has 0 unspecified atom stereocenters. The van der Waals surface area contributed by atoms with Crippen molar-refractivity contribution in [2.45, 2.75) is 96.7 Å². The number of carboxylic acids is 1. The number of fused-ring (bicyclic) bond motifs is 1. The van der Waals surface area contributed by atoms with Gasteiger partial charge < -0.3 is 25.4 Å². The van der Waals surface area contributed by atoms with Crippen LogP contribution in [0.25, 0.3) is 0 Å². The fourth-order valence-electron chi connectivity index (χ4n) is 6.75. The zero-order valence-corrected chi connectivity index (χ0v) is 25.0. The number of aliphatic imine (C=N–C) groups is 1. The third-order valence-corrected chi connectivity index (χ3v) is 9.14. The van der Waals surface area contributed by atoms with Crippen LogP contribution in [0.5, 0.6) is 11.5 Å². The van der Waals surface area contributed by atoms with Gasteiger partial charge in [0, 0.05) is 37.7 Å². The molecular formula is C33H48N4O4S. The van der Waals surface area contributed by atoms with E-state index in [1.165, 1.54) is 19.3 Å². The monoisotopic (exact) mass is 596 g/mol. The quantitative estimate of drug-likeness (QED) is 0.329. The van der Waals surface area contributed by atoms with Crippen molar-refractivity contribution in [2.75, 3.05) is 7.05 Å². The van der Waals surface area contributed by atoms with Crippen molar-refractivity contribution in [1.82, 2.24) is 9.80 Å². The van der Waals surface area contributed by atoms with E-state index in [2.05, 4.69) is 11.0 Å². The molecule has 2 aromatic rings. The number of ether oxygens (including phenoxy) is 1. The Hall–Kier alpha value is -3.20. The number of carbonyl (C=O) groups is 2. The highest BCUT2D eigenvalue weighted by Crippen LogP contribution is 2.37. The van der Waals surface area contributed by atoms with Crippen LogP contribution in [-0.2, 0) is 16.1 Å². The molecule has 8 nitrogen and oxygen atoms in total. The van der Waals surface area contributed by atoms with Crippen molar-refractivity contribution in [2.24, 2.45) is 22.6 Å². The number of hydrogen-bond donors (Lipinski definition) is 2. The second-order valence-electron chi connectivity index (χ2n) is 11.7. The number of amides is 1. The Kier molecular flexibility index (Phi) is 12.2. The molecule has 0 spiro atoms. The van der Waals surface area contributed by atoms with Crippen molar-refractivity contribution < 1.29 is 19.4 Å². The van der Waals surface area contributed by atoms with Gasteiger partial charge in [-0.15, -0.1) is 0 Å². The number of guanidine groups is 1. The molecule has 2 aromatic carbocycles. The summed E-state index contributed by atoms with van der Waals surface area (Å²) in [5, 5.41) is 9.32. The maximum Gasteiger partial charge on any atom is 0.306 e. The molecule has 0 radical (unpaired) electrons. The summed E-state index contributed by atoms with van der Waals surface area (Å²) in [5.41, 5.74) is 8.52. The maximum absolute atomic E-state index is 13.3. The maximum atomic E-state index is 13.3. The molecule has 1 amide bonds. The normalized spacial score (nSPS) is 21.1. The van der Waals surface area contributed by atoms with Crippen LogP contribution in [0.1, 0.15) is 83.6 Å². The van der Waals surface area contributed by atoms with Crippen LogP contribution in [0, 0.1) is 11.8 Å². The van der Waals surface area contributed by atoms with Gasteiger partial charge >= 0.3 is 5.97 Å². The number of aliphatic carboxylic acids is 1. The summed E-state index contributed by atoms with van der Waals surface area (Å²) in [6, 6.07) is 15.9. The van der Waals surface area contributed by atoms with Crippen molar-refractivity contribution in [3.05, 3.63) is 54.1 Å². The molecule has 1 heterocycles. The molecule has 0 aromatic heterocycles. The first-order valence-corrected chi connectivity index (χ1v) is 14.8. The minimum Gasteiger partial charge on any atom is -0.481 e. The molecule has 3 N–H and O–H groups in total. The van der Waals surface area contributed by atoms with Crippen molar-refractivity contribution in [3.8, 4) is 11.5 Å². The topological polar surface area (TPSA) is 108 Å². The molecule has 5 rings (SSSR count). The number of benzene rings is 2. The third kappa shape index (κ3) is 8.00. The first kappa shape index (κ1) is 33.3. The summed E-state index contributed by atoms with van der Waals surface area (Å²) < 4.78 is 6.08.